The van der Waals surface area contributed by atoms with Crippen molar-refractivity contribution < 1.29 is 10.3 Å². The maximum atomic E-state index is 9.81. The summed E-state index contributed by atoms with van der Waals surface area (Å²) in [7, 11) is 0. The molecule has 0 fully saturated rings. The molecule has 3 nitrogen and oxygen atoms in total. The standard InChI is InChI=1S/C11H15NO2/c1-6-5-10(9(4)12-14)11(13)8(3)7(6)2/h5,13-14H,1-4H3/b12-9-. The lowest BCUT2D eigenvalue weighted by Crippen LogP contribution is -1.99. The van der Waals surface area contributed by atoms with Crippen molar-refractivity contribution in [2.45, 2.75) is 27.7 Å². The Morgan fingerprint density at radius 2 is 1.79 bits per heavy atom. The van der Waals surface area contributed by atoms with Crippen LogP contribution in [0.5, 0.6) is 5.75 Å². The molecular formula is C11H15NO2. The maximum absolute atomic E-state index is 9.81. The number of rotatable bonds is 1. The van der Waals surface area contributed by atoms with Crippen molar-refractivity contribution in [1.29, 1.82) is 0 Å². The Kier molecular flexibility index (Phi) is 2.79. The Hall–Kier alpha value is -1.51. The molecule has 0 saturated carbocycles. The molecule has 0 spiro atoms. The third kappa shape index (κ3) is 1.58. The van der Waals surface area contributed by atoms with Crippen LogP contribution in [0.25, 0.3) is 0 Å². The fourth-order valence-electron chi connectivity index (χ4n) is 1.40. The van der Waals surface area contributed by atoms with E-state index < -0.39 is 0 Å². The molecule has 1 rings (SSSR count). The van der Waals surface area contributed by atoms with Gasteiger partial charge in [0.15, 0.2) is 0 Å². The highest BCUT2D eigenvalue weighted by molar-refractivity contribution is 6.01. The number of aryl methyl sites for hydroxylation is 1. The van der Waals surface area contributed by atoms with Gasteiger partial charge >= 0.3 is 0 Å². The van der Waals surface area contributed by atoms with Gasteiger partial charge < -0.3 is 10.3 Å². The molecule has 0 radical (unpaired) electrons. The lowest BCUT2D eigenvalue weighted by Gasteiger charge is -2.11. The topological polar surface area (TPSA) is 52.8 Å². The number of hydrogen-bond acceptors (Lipinski definition) is 3. The van der Waals surface area contributed by atoms with E-state index in [0.717, 1.165) is 16.7 Å². The van der Waals surface area contributed by atoms with E-state index in [0.29, 0.717) is 11.3 Å². The zero-order valence-corrected chi connectivity index (χ0v) is 8.92. The van der Waals surface area contributed by atoms with Crippen LogP contribution in [0, 0.1) is 20.8 Å². The van der Waals surface area contributed by atoms with Crippen LogP contribution in [-0.2, 0) is 0 Å². The van der Waals surface area contributed by atoms with Gasteiger partial charge in [-0.1, -0.05) is 5.16 Å². The van der Waals surface area contributed by atoms with Crippen LogP contribution in [-0.4, -0.2) is 16.0 Å². The zero-order valence-electron chi connectivity index (χ0n) is 8.92. The molecule has 0 unspecified atom stereocenters. The first-order valence-electron chi connectivity index (χ1n) is 4.47. The highest BCUT2D eigenvalue weighted by atomic mass is 16.4. The number of benzene rings is 1. The Morgan fingerprint density at radius 1 is 1.21 bits per heavy atom. The van der Waals surface area contributed by atoms with Crippen molar-refractivity contribution in [3.05, 3.63) is 28.3 Å². The summed E-state index contributed by atoms with van der Waals surface area (Å²) in [4.78, 5) is 0. The molecule has 0 atom stereocenters. The van der Waals surface area contributed by atoms with E-state index in [1.165, 1.54) is 0 Å². The van der Waals surface area contributed by atoms with Crippen molar-refractivity contribution >= 4 is 5.71 Å². The molecule has 1 aromatic carbocycles. The van der Waals surface area contributed by atoms with Crippen LogP contribution >= 0.6 is 0 Å². The molecular weight excluding hydrogens is 178 g/mol. The van der Waals surface area contributed by atoms with E-state index in [1.807, 2.05) is 26.8 Å². The van der Waals surface area contributed by atoms with E-state index in [4.69, 9.17) is 5.21 Å². The first kappa shape index (κ1) is 10.6. The van der Waals surface area contributed by atoms with Gasteiger partial charge in [0, 0.05) is 5.56 Å². The highest BCUT2D eigenvalue weighted by Gasteiger charge is 2.11. The van der Waals surface area contributed by atoms with Crippen molar-refractivity contribution in [2.24, 2.45) is 5.16 Å². The van der Waals surface area contributed by atoms with E-state index in [9.17, 15) is 5.11 Å². The van der Waals surface area contributed by atoms with E-state index >= 15 is 0 Å². The molecule has 0 saturated heterocycles. The van der Waals surface area contributed by atoms with E-state index in [-0.39, 0.29) is 5.75 Å². The van der Waals surface area contributed by atoms with Gasteiger partial charge in [0.05, 0.1) is 5.71 Å². The summed E-state index contributed by atoms with van der Waals surface area (Å²) in [6.45, 7) is 7.44. The molecule has 0 aromatic heterocycles. The third-order valence-electron chi connectivity index (χ3n) is 2.66. The number of phenolic OH excluding ortho intramolecular Hbond substituents is 1. The van der Waals surface area contributed by atoms with E-state index in [1.54, 1.807) is 6.92 Å². The Balaban J connectivity index is 3.48. The van der Waals surface area contributed by atoms with Crippen molar-refractivity contribution in [1.82, 2.24) is 0 Å². The molecule has 1 aromatic rings. The van der Waals surface area contributed by atoms with Gasteiger partial charge in [-0.25, -0.2) is 0 Å². The van der Waals surface area contributed by atoms with Crippen molar-refractivity contribution in [2.75, 3.05) is 0 Å². The average Bonchev–Trinajstić information content (AvgIpc) is 2.19. The number of oxime groups is 1. The Bertz CT molecular complexity index is 395. The SMILES string of the molecule is C/C(=N/O)c1cc(C)c(C)c(C)c1O. The quantitative estimate of drug-likeness (QED) is 0.409. The molecule has 0 aliphatic heterocycles. The molecule has 3 heteroatoms. The Morgan fingerprint density at radius 3 is 2.29 bits per heavy atom. The number of aromatic hydroxyl groups is 1. The summed E-state index contributed by atoms with van der Waals surface area (Å²) < 4.78 is 0. The van der Waals surface area contributed by atoms with Gasteiger partial charge in [0.25, 0.3) is 0 Å². The summed E-state index contributed by atoms with van der Waals surface area (Å²) in [6.07, 6.45) is 0. The molecule has 0 aliphatic rings. The van der Waals surface area contributed by atoms with Crippen molar-refractivity contribution in [3.63, 3.8) is 0 Å². The highest BCUT2D eigenvalue weighted by Crippen LogP contribution is 2.28. The minimum atomic E-state index is 0.198. The van der Waals surface area contributed by atoms with Gasteiger partial charge in [-0.05, 0) is 50.5 Å². The third-order valence-corrected chi connectivity index (χ3v) is 2.66. The van der Waals surface area contributed by atoms with Crippen LogP contribution in [0.3, 0.4) is 0 Å². The maximum Gasteiger partial charge on any atom is 0.127 e. The molecule has 0 aliphatic carbocycles. The molecule has 14 heavy (non-hydrogen) atoms. The molecule has 76 valence electrons. The monoisotopic (exact) mass is 193 g/mol. The molecule has 0 heterocycles. The second-order valence-electron chi connectivity index (χ2n) is 3.53. The summed E-state index contributed by atoms with van der Waals surface area (Å²) in [5, 5.41) is 21.5. The number of hydrogen-bond donors (Lipinski definition) is 2. The second kappa shape index (κ2) is 3.70. The van der Waals surface area contributed by atoms with Crippen LogP contribution in [0.15, 0.2) is 11.2 Å². The smallest absolute Gasteiger partial charge is 0.127 e. The molecule has 2 N–H and O–H groups in total. The van der Waals surface area contributed by atoms with Crippen molar-refractivity contribution in [3.8, 4) is 5.75 Å². The van der Waals surface area contributed by atoms with Gasteiger partial charge in [-0.2, -0.15) is 0 Å². The van der Waals surface area contributed by atoms with Crippen LogP contribution < -0.4 is 0 Å². The normalized spacial score (nSPS) is 11.9. The summed E-state index contributed by atoms with van der Waals surface area (Å²) in [5.41, 5.74) is 4.00. The van der Waals surface area contributed by atoms with E-state index in [2.05, 4.69) is 5.16 Å². The summed E-state index contributed by atoms with van der Waals surface area (Å²) in [6, 6.07) is 1.83. The zero-order chi connectivity index (χ0) is 10.9. The molecule has 0 amide bonds. The lowest BCUT2D eigenvalue weighted by molar-refractivity contribution is 0.318. The minimum Gasteiger partial charge on any atom is -0.507 e. The van der Waals surface area contributed by atoms with Crippen LogP contribution in [0.4, 0.5) is 0 Å². The number of phenols is 1. The van der Waals surface area contributed by atoms with Gasteiger partial charge in [-0.3, -0.25) is 0 Å². The largest absolute Gasteiger partial charge is 0.507 e. The van der Waals surface area contributed by atoms with Gasteiger partial charge in [0.2, 0.25) is 0 Å². The van der Waals surface area contributed by atoms with Crippen LogP contribution in [0.2, 0.25) is 0 Å². The minimum absolute atomic E-state index is 0.198. The van der Waals surface area contributed by atoms with Crippen LogP contribution in [0.1, 0.15) is 29.2 Å². The second-order valence-corrected chi connectivity index (χ2v) is 3.53. The summed E-state index contributed by atoms with van der Waals surface area (Å²) in [5.74, 6) is 0.198. The number of nitrogens with zero attached hydrogens (tertiary/aromatic N) is 1. The summed E-state index contributed by atoms with van der Waals surface area (Å²) >= 11 is 0. The first-order valence-corrected chi connectivity index (χ1v) is 4.47. The average molecular weight is 193 g/mol. The predicted octanol–water partition coefficient (Wildman–Crippen LogP) is 2.52. The first-order chi connectivity index (χ1) is 6.49. The molecule has 0 bridgehead atoms. The predicted molar refractivity (Wildman–Crippen MR) is 56.3 cm³/mol. The van der Waals surface area contributed by atoms with Gasteiger partial charge in [-0.15, -0.1) is 0 Å². The Labute approximate surface area is 83.7 Å². The lowest BCUT2D eigenvalue weighted by atomic mass is 9.97. The fraction of sp³-hybridized carbons (Fsp3) is 0.364. The van der Waals surface area contributed by atoms with Gasteiger partial charge in [0.1, 0.15) is 5.75 Å². The fourth-order valence-corrected chi connectivity index (χ4v) is 1.40.